The molecule has 0 saturated heterocycles. The number of nitrogens with one attached hydrogen (secondary N) is 1. The van der Waals surface area contributed by atoms with E-state index in [1.807, 2.05) is 0 Å². The number of amides is 1. The fraction of sp³-hybridized carbons (Fsp3) is 0.391. The summed E-state index contributed by atoms with van der Waals surface area (Å²) in [6.45, 7) is 5.29. The average Bonchev–Trinajstić information content (AvgIpc) is 3.01. The number of rotatable bonds is 4. The van der Waals surface area contributed by atoms with Crippen LogP contribution in [-0.2, 0) is 21.3 Å². The molecule has 1 aliphatic heterocycles. The Kier molecular flexibility index (Phi) is 7.14. The van der Waals surface area contributed by atoms with Gasteiger partial charge in [-0.25, -0.2) is 19.0 Å². The maximum Gasteiger partial charge on any atom is 0.408 e. The quantitative estimate of drug-likeness (QED) is 0.667. The van der Waals surface area contributed by atoms with Gasteiger partial charge in [-0.3, -0.25) is 19.3 Å². The van der Waals surface area contributed by atoms with Crippen molar-refractivity contribution in [2.24, 2.45) is 12.0 Å². The second-order valence-corrected chi connectivity index (χ2v) is 8.61. The van der Waals surface area contributed by atoms with Gasteiger partial charge < -0.3 is 14.8 Å². The molecule has 180 valence electrons. The summed E-state index contributed by atoms with van der Waals surface area (Å²) in [5.41, 5.74) is -0.729. The fourth-order valence-electron chi connectivity index (χ4n) is 3.37. The first-order chi connectivity index (χ1) is 16.0. The number of aliphatic imine (C=N–C) groups is 1. The summed E-state index contributed by atoms with van der Waals surface area (Å²) in [6, 6.07) is 0.544. The van der Waals surface area contributed by atoms with Gasteiger partial charge in [0.1, 0.15) is 17.5 Å². The molecule has 11 nitrogen and oxygen atoms in total. The standard InChI is InChI=1S/C23H27N5O6/c1-23(2,3)34-21(31)26-16(20(30)33-5)12-14-6-7-18(25-11-8-14)28-19(29)15-9-10-24-13-17(15)27(4)22(28)32/h6-10,13,16H,11-12H2,1-5H3,(H,26,31)/t16-/m0/s1. The van der Waals surface area contributed by atoms with Gasteiger partial charge >= 0.3 is 17.8 Å². The Balaban J connectivity index is 1.86. The number of pyridine rings is 1. The van der Waals surface area contributed by atoms with E-state index in [0.717, 1.165) is 4.57 Å². The van der Waals surface area contributed by atoms with E-state index in [0.29, 0.717) is 16.5 Å². The Bertz CT molecular complexity index is 1330. The number of allylic oxidation sites excluding steroid dienone is 2. The van der Waals surface area contributed by atoms with Crippen LogP contribution in [0.3, 0.4) is 0 Å². The van der Waals surface area contributed by atoms with Gasteiger partial charge in [0.2, 0.25) is 0 Å². The van der Waals surface area contributed by atoms with Gasteiger partial charge in [0, 0.05) is 19.7 Å². The summed E-state index contributed by atoms with van der Waals surface area (Å²) in [5, 5.41) is 2.85. The predicted octanol–water partition coefficient (Wildman–Crippen LogP) is 1.29. The lowest BCUT2D eigenvalue weighted by Crippen LogP contribution is -2.44. The van der Waals surface area contributed by atoms with Gasteiger partial charge in [-0.1, -0.05) is 12.2 Å². The van der Waals surface area contributed by atoms with E-state index < -0.39 is 35.0 Å². The number of fused-ring (bicyclic) bond motifs is 1. The van der Waals surface area contributed by atoms with E-state index in [9.17, 15) is 19.2 Å². The Morgan fingerprint density at radius 3 is 2.65 bits per heavy atom. The number of methoxy groups -OCH3 is 1. The average molecular weight is 469 g/mol. The molecule has 0 bridgehead atoms. The van der Waals surface area contributed by atoms with Crippen LogP contribution in [0.15, 0.2) is 56.8 Å². The minimum atomic E-state index is -0.999. The van der Waals surface area contributed by atoms with E-state index in [-0.39, 0.29) is 18.8 Å². The minimum Gasteiger partial charge on any atom is -0.467 e. The second-order valence-electron chi connectivity index (χ2n) is 8.61. The number of alkyl carbamates (subject to hydrolysis) is 1. The van der Waals surface area contributed by atoms with E-state index in [2.05, 4.69) is 15.3 Å². The molecule has 0 aromatic carbocycles. The highest BCUT2D eigenvalue weighted by Gasteiger charge is 2.26. The van der Waals surface area contributed by atoms with Crippen molar-refractivity contribution in [3.63, 3.8) is 0 Å². The summed E-state index contributed by atoms with van der Waals surface area (Å²) in [4.78, 5) is 58.6. The number of aromatic nitrogens is 3. The van der Waals surface area contributed by atoms with Crippen LogP contribution in [0.5, 0.6) is 0 Å². The van der Waals surface area contributed by atoms with Gasteiger partial charge in [-0.2, -0.15) is 0 Å². The van der Waals surface area contributed by atoms with Crippen molar-refractivity contribution < 1.29 is 19.1 Å². The maximum absolute atomic E-state index is 13.0. The normalized spacial score (nSPS) is 14.6. The van der Waals surface area contributed by atoms with Gasteiger partial charge in [0.05, 0.1) is 30.8 Å². The van der Waals surface area contributed by atoms with Crippen LogP contribution in [0.25, 0.3) is 10.9 Å². The van der Waals surface area contributed by atoms with Gasteiger partial charge in [0.25, 0.3) is 5.56 Å². The van der Waals surface area contributed by atoms with E-state index in [1.54, 1.807) is 46.0 Å². The monoisotopic (exact) mass is 469 g/mol. The largest absolute Gasteiger partial charge is 0.467 e. The Morgan fingerprint density at radius 2 is 1.97 bits per heavy atom. The highest BCUT2D eigenvalue weighted by Crippen LogP contribution is 2.14. The lowest BCUT2D eigenvalue weighted by molar-refractivity contribution is -0.143. The van der Waals surface area contributed by atoms with Gasteiger partial charge in [-0.15, -0.1) is 0 Å². The topological polar surface area (TPSA) is 134 Å². The molecule has 11 heteroatoms. The SMILES string of the molecule is COC(=O)[C@H](CC1=CCN=C(n2c(=O)c3ccncc3n(C)c2=O)C=C1)NC(=O)OC(C)(C)C. The zero-order valence-electron chi connectivity index (χ0n) is 19.7. The first kappa shape index (κ1) is 24.6. The van der Waals surface area contributed by atoms with Crippen molar-refractivity contribution in [2.75, 3.05) is 13.7 Å². The molecule has 1 aliphatic rings. The Morgan fingerprint density at radius 1 is 1.24 bits per heavy atom. The third-order valence-corrected chi connectivity index (χ3v) is 4.97. The molecule has 1 atom stereocenters. The zero-order chi connectivity index (χ0) is 25.0. The minimum absolute atomic E-state index is 0.0987. The predicted molar refractivity (Wildman–Crippen MR) is 126 cm³/mol. The molecule has 2 aromatic rings. The molecule has 0 unspecified atom stereocenters. The summed E-state index contributed by atoms with van der Waals surface area (Å²) < 4.78 is 12.4. The van der Waals surface area contributed by atoms with E-state index in [1.165, 1.54) is 30.1 Å². The zero-order valence-corrected chi connectivity index (χ0v) is 19.7. The Labute approximate surface area is 195 Å². The summed E-state index contributed by atoms with van der Waals surface area (Å²) in [6.07, 6.45) is 7.18. The lowest BCUT2D eigenvalue weighted by Gasteiger charge is -2.22. The maximum atomic E-state index is 13.0. The van der Waals surface area contributed by atoms with Gasteiger partial charge in [0.15, 0.2) is 0 Å². The van der Waals surface area contributed by atoms with Crippen molar-refractivity contribution in [1.29, 1.82) is 0 Å². The molecule has 0 radical (unpaired) electrons. The van der Waals surface area contributed by atoms with Crippen molar-refractivity contribution in [3.8, 4) is 0 Å². The van der Waals surface area contributed by atoms with Crippen LogP contribution in [-0.4, -0.2) is 57.3 Å². The van der Waals surface area contributed by atoms with Crippen LogP contribution < -0.4 is 16.6 Å². The van der Waals surface area contributed by atoms with Crippen LogP contribution in [0, 0.1) is 0 Å². The molecule has 34 heavy (non-hydrogen) atoms. The van der Waals surface area contributed by atoms with Crippen molar-refractivity contribution in [2.45, 2.75) is 38.8 Å². The molecule has 1 N–H and O–H groups in total. The number of esters is 1. The van der Waals surface area contributed by atoms with Crippen LogP contribution in [0.4, 0.5) is 4.79 Å². The first-order valence-corrected chi connectivity index (χ1v) is 10.6. The number of hydrogen-bond acceptors (Lipinski definition) is 8. The highest BCUT2D eigenvalue weighted by atomic mass is 16.6. The second kappa shape index (κ2) is 9.86. The lowest BCUT2D eigenvalue weighted by atomic mass is 10.1. The molecule has 1 amide bonds. The molecule has 0 aliphatic carbocycles. The number of aryl methyl sites for hydroxylation is 1. The van der Waals surface area contributed by atoms with Crippen LogP contribution in [0.2, 0.25) is 0 Å². The molecule has 3 heterocycles. The molecule has 0 spiro atoms. The molecule has 2 aromatic heterocycles. The third kappa shape index (κ3) is 5.48. The number of carbonyl (C=O) groups is 2. The third-order valence-electron chi connectivity index (χ3n) is 4.97. The molecule has 0 fully saturated rings. The summed E-state index contributed by atoms with van der Waals surface area (Å²) in [5.74, 6) is -0.482. The number of carbonyl (C=O) groups excluding carboxylic acids is 2. The van der Waals surface area contributed by atoms with E-state index >= 15 is 0 Å². The highest BCUT2D eigenvalue weighted by molar-refractivity contribution is 5.96. The van der Waals surface area contributed by atoms with Crippen molar-refractivity contribution in [3.05, 3.63) is 63.1 Å². The number of ether oxygens (including phenoxy) is 2. The molecule has 0 saturated carbocycles. The summed E-state index contributed by atoms with van der Waals surface area (Å²) in [7, 11) is 2.78. The van der Waals surface area contributed by atoms with Crippen molar-refractivity contribution in [1.82, 2.24) is 19.4 Å². The first-order valence-electron chi connectivity index (χ1n) is 10.6. The van der Waals surface area contributed by atoms with Crippen LogP contribution in [0.1, 0.15) is 27.2 Å². The number of nitrogens with zero attached hydrogens (tertiary/aromatic N) is 4. The van der Waals surface area contributed by atoms with E-state index in [4.69, 9.17) is 9.47 Å². The smallest absolute Gasteiger partial charge is 0.408 e. The van der Waals surface area contributed by atoms with Gasteiger partial charge in [-0.05, 0) is 38.5 Å². The molecular weight excluding hydrogens is 442 g/mol. The number of hydrogen-bond donors (Lipinski definition) is 1. The fourth-order valence-corrected chi connectivity index (χ4v) is 3.37. The van der Waals surface area contributed by atoms with Crippen LogP contribution >= 0.6 is 0 Å². The molecule has 3 rings (SSSR count). The Hall–Kier alpha value is -4.02. The van der Waals surface area contributed by atoms with Crippen molar-refractivity contribution >= 4 is 28.8 Å². The molecular formula is C23H27N5O6. The summed E-state index contributed by atoms with van der Waals surface area (Å²) >= 11 is 0.